The zero-order valence-electron chi connectivity index (χ0n) is 24.0. The molecule has 5 rings (SSSR count). The van der Waals surface area contributed by atoms with E-state index in [0.29, 0.717) is 62.6 Å². The maximum absolute atomic E-state index is 14.3. The Morgan fingerprint density at radius 2 is 1.83 bits per heavy atom. The van der Waals surface area contributed by atoms with Crippen LogP contribution < -0.4 is 14.5 Å². The first-order chi connectivity index (χ1) is 19.6. The minimum Gasteiger partial charge on any atom is -0.494 e. The monoisotopic (exact) mass is 574 g/mol. The number of halogens is 2. The number of methoxy groups -OCH3 is 1. The van der Waals surface area contributed by atoms with Crippen LogP contribution in [0.4, 0.5) is 25.5 Å². The number of alkyl halides is 2. The summed E-state index contributed by atoms with van der Waals surface area (Å²) in [5.74, 6) is 0.551. The number of ether oxygens (including phenoxy) is 3. The average Bonchev–Trinajstić information content (AvgIpc) is 3.36. The van der Waals surface area contributed by atoms with Crippen molar-refractivity contribution in [3.63, 3.8) is 0 Å². The van der Waals surface area contributed by atoms with Crippen LogP contribution in [0.15, 0.2) is 18.2 Å². The van der Waals surface area contributed by atoms with E-state index in [4.69, 9.17) is 19.2 Å². The van der Waals surface area contributed by atoms with E-state index in [9.17, 15) is 13.6 Å². The van der Waals surface area contributed by atoms with Crippen molar-refractivity contribution < 1.29 is 27.8 Å². The zero-order valence-corrected chi connectivity index (χ0v) is 24.0. The van der Waals surface area contributed by atoms with Gasteiger partial charge in [-0.15, -0.1) is 0 Å². The number of rotatable bonds is 6. The number of likely N-dealkylation sites (tertiary alicyclic amines) is 1. The maximum atomic E-state index is 14.3. The molecule has 1 amide bonds. The summed E-state index contributed by atoms with van der Waals surface area (Å²) in [7, 11) is 3.31. The second kappa shape index (κ2) is 11.6. The molecule has 0 aliphatic carbocycles. The third kappa shape index (κ3) is 6.11. The van der Waals surface area contributed by atoms with Crippen molar-refractivity contribution in [1.29, 1.82) is 0 Å². The van der Waals surface area contributed by atoms with Crippen LogP contribution in [0.25, 0.3) is 17.0 Å². The normalized spacial score (nSPS) is 18.2. The van der Waals surface area contributed by atoms with E-state index in [1.807, 2.05) is 37.6 Å². The van der Waals surface area contributed by atoms with Gasteiger partial charge in [-0.05, 0) is 45.7 Å². The van der Waals surface area contributed by atoms with Crippen molar-refractivity contribution in [1.82, 2.24) is 29.4 Å². The van der Waals surface area contributed by atoms with Gasteiger partial charge >= 0.3 is 6.09 Å². The number of hydrogen-bond donors (Lipinski definition) is 0. The standard InChI is InChI=1S/C27H36F2N8O4/c1-27(2,3)41-26(38)36-11-7-8-17(16-36)34(4)23-31-24(35-12-14-40-15-13-35)33-25(32-23)37-18-9-6-10-19(39-5)20(18)30-22(37)21(28)29/h6,9-10,17,21H,7-8,11-16H2,1-5H3/t17-/m0/s1. The Kier molecular flexibility index (Phi) is 8.11. The maximum Gasteiger partial charge on any atom is 0.410 e. The zero-order chi connectivity index (χ0) is 29.3. The highest BCUT2D eigenvalue weighted by Gasteiger charge is 2.32. The summed E-state index contributed by atoms with van der Waals surface area (Å²) >= 11 is 0. The Hall–Kier alpha value is -3.81. The highest BCUT2D eigenvalue weighted by atomic mass is 19.3. The van der Waals surface area contributed by atoms with Crippen molar-refractivity contribution in [2.45, 2.75) is 51.7 Å². The molecule has 0 unspecified atom stereocenters. The number of hydrogen-bond acceptors (Lipinski definition) is 10. The van der Waals surface area contributed by atoms with Crippen molar-refractivity contribution in [2.75, 3.05) is 63.4 Å². The number of fused-ring (bicyclic) bond motifs is 1. The topological polar surface area (TPSA) is 111 Å². The van der Waals surface area contributed by atoms with Crippen molar-refractivity contribution >= 4 is 29.0 Å². The van der Waals surface area contributed by atoms with Crippen LogP contribution >= 0.6 is 0 Å². The Bertz CT molecular complexity index is 1390. The summed E-state index contributed by atoms with van der Waals surface area (Å²) in [5, 5.41) is 0. The van der Waals surface area contributed by atoms with Gasteiger partial charge in [-0.2, -0.15) is 15.0 Å². The van der Waals surface area contributed by atoms with Crippen LogP contribution in [0.2, 0.25) is 0 Å². The summed E-state index contributed by atoms with van der Waals surface area (Å²) in [6.07, 6.45) is -1.71. The first kappa shape index (κ1) is 28.7. The third-order valence-electron chi connectivity index (χ3n) is 7.09. The van der Waals surface area contributed by atoms with Gasteiger partial charge in [-0.1, -0.05) is 6.07 Å². The number of morpholine rings is 1. The fourth-order valence-electron chi connectivity index (χ4n) is 5.05. The number of carbonyl (C=O) groups is 1. The van der Waals surface area contributed by atoms with E-state index in [-0.39, 0.29) is 23.6 Å². The molecule has 0 saturated carbocycles. The number of nitrogens with zero attached hydrogens (tertiary/aromatic N) is 8. The number of para-hydroxylation sites is 1. The van der Waals surface area contributed by atoms with Gasteiger partial charge in [0.25, 0.3) is 6.43 Å². The lowest BCUT2D eigenvalue weighted by molar-refractivity contribution is 0.0199. The molecule has 3 aromatic rings. The second-order valence-electron chi connectivity index (χ2n) is 11.1. The van der Waals surface area contributed by atoms with E-state index in [2.05, 4.69) is 15.0 Å². The summed E-state index contributed by atoms with van der Waals surface area (Å²) in [6.45, 7) is 8.57. The molecule has 0 radical (unpaired) electrons. The molecular weight excluding hydrogens is 538 g/mol. The predicted molar refractivity (Wildman–Crippen MR) is 148 cm³/mol. The summed E-state index contributed by atoms with van der Waals surface area (Å²) in [6, 6.07) is 4.93. The molecule has 0 N–H and O–H groups in total. The van der Waals surface area contributed by atoms with Gasteiger partial charge in [-0.3, -0.25) is 4.57 Å². The third-order valence-corrected chi connectivity index (χ3v) is 7.09. The molecular formula is C27H36F2N8O4. The van der Waals surface area contributed by atoms with E-state index in [1.54, 1.807) is 23.1 Å². The van der Waals surface area contributed by atoms with Gasteiger partial charge in [0.05, 0.1) is 25.8 Å². The van der Waals surface area contributed by atoms with E-state index >= 15 is 0 Å². The van der Waals surface area contributed by atoms with Gasteiger partial charge in [0, 0.05) is 39.3 Å². The minimum atomic E-state index is -2.89. The molecule has 0 bridgehead atoms. The first-order valence-corrected chi connectivity index (χ1v) is 13.7. The molecule has 2 aliphatic heterocycles. The van der Waals surface area contributed by atoms with Crippen LogP contribution in [0.1, 0.15) is 45.9 Å². The number of benzene rings is 1. The number of carbonyl (C=O) groups excluding carboxylic acids is 1. The largest absolute Gasteiger partial charge is 0.494 e. The van der Waals surface area contributed by atoms with Gasteiger partial charge < -0.3 is 28.9 Å². The van der Waals surface area contributed by atoms with Gasteiger partial charge in [0.15, 0.2) is 5.82 Å². The number of amides is 1. The fraction of sp³-hybridized carbons (Fsp3) is 0.593. The molecule has 1 aromatic carbocycles. The average molecular weight is 575 g/mol. The van der Waals surface area contributed by atoms with E-state index < -0.39 is 17.9 Å². The van der Waals surface area contributed by atoms with Crippen molar-refractivity contribution in [3.8, 4) is 11.7 Å². The summed E-state index contributed by atoms with van der Waals surface area (Å²) < 4.78 is 46.4. The molecule has 1 atom stereocenters. The lowest BCUT2D eigenvalue weighted by Gasteiger charge is -2.38. The lowest BCUT2D eigenvalue weighted by Crippen LogP contribution is -2.50. The molecule has 14 heteroatoms. The number of aromatic nitrogens is 5. The Balaban J connectivity index is 1.56. The predicted octanol–water partition coefficient (Wildman–Crippen LogP) is 3.83. The van der Waals surface area contributed by atoms with Crippen molar-refractivity contribution in [2.24, 2.45) is 0 Å². The van der Waals surface area contributed by atoms with Crippen LogP contribution in [-0.2, 0) is 9.47 Å². The highest BCUT2D eigenvalue weighted by molar-refractivity contribution is 5.84. The molecule has 12 nitrogen and oxygen atoms in total. The molecule has 2 saturated heterocycles. The van der Waals surface area contributed by atoms with Gasteiger partial charge in [0.1, 0.15) is 16.9 Å². The Morgan fingerprint density at radius 1 is 1.10 bits per heavy atom. The lowest BCUT2D eigenvalue weighted by atomic mass is 10.1. The van der Waals surface area contributed by atoms with Crippen molar-refractivity contribution in [3.05, 3.63) is 24.0 Å². The molecule has 222 valence electrons. The van der Waals surface area contributed by atoms with Crippen LogP contribution in [-0.4, -0.2) is 101 Å². The SMILES string of the molecule is COc1cccc2c1nc(C(F)F)n2-c1nc(N2CCOCC2)nc(N(C)[C@H]2CCCN(C(=O)OC(C)(C)C)C2)n1. The van der Waals surface area contributed by atoms with Crippen LogP contribution in [0.3, 0.4) is 0 Å². The van der Waals surface area contributed by atoms with Gasteiger partial charge in [-0.25, -0.2) is 18.6 Å². The molecule has 4 heterocycles. The first-order valence-electron chi connectivity index (χ1n) is 13.7. The molecule has 2 aliphatic rings. The summed E-state index contributed by atoms with van der Waals surface area (Å²) in [4.78, 5) is 36.6. The Morgan fingerprint density at radius 3 is 2.51 bits per heavy atom. The molecule has 2 aromatic heterocycles. The number of likely N-dealkylation sites (N-methyl/N-ethyl adjacent to an activating group) is 1. The highest BCUT2D eigenvalue weighted by Crippen LogP contribution is 2.33. The van der Waals surface area contributed by atoms with E-state index in [1.165, 1.54) is 11.7 Å². The minimum absolute atomic E-state index is 0.0224. The molecule has 2 fully saturated rings. The molecule has 41 heavy (non-hydrogen) atoms. The number of imidazole rings is 1. The van der Waals surface area contributed by atoms with Crippen LogP contribution in [0.5, 0.6) is 5.75 Å². The second-order valence-corrected chi connectivity index (χ2v) is 11.1. The van der Waals surface area contributed by atoms with Gasteiger partial charge in [0.2, 0.25) is 17.8 Å². The summed E-state index contributed by atoms with van der Waals surface area (Å²) in [5.41, 5.74) is 0.0695. The van der Waals surface area contributed by atoms with E-state index in [0.717, 1.165) is 12.8 Å². The number of anilines is 2. The quantitative estimate of drug-likeness (QED) is 0.431. The molecule has 0 spiro atoms. The number of piperidine rings is 1. The smallest absolute Gasteiger partial charge is 0.410 e. The van der Waals surface area contributed by atoms with Crippen LogP contribution in [0, 0.1) is 0 Å². The fourth-order valence-corrected chi connectivity index (χ4v) is 5.05. The Labute approximate surface area is 237 Å².